The zero-order chi connectivity index (χ0) is 13.6. The van der Waals surface area contributed by atoms with E-state index in [2.05, 4.69) is 9.68 Å². The predicted molar refractivity (Wildman–Crippen MR) is 54.6 cm³/mol. The first-order chi connectivity index (χ1) is 8.18. The molecule has 0 amide bonds. The average molecular weight is 299 g/mol. The molecule has 0 unspecified atom stereocenters. The topological polar surface area (TPSA) is 80.4 Å². The lowest BCUT2D eigenvalue weighted by atomic mass is 10.3. The fourth-order valence-electron chi connectivity index (χ4n) is 1.12. The number of nitrogens with zero attached hydrogens (tertiary/aromatic N) is 1. The molecule has 0 aliphatic heterocycles. The van der Waals surface area contributed by atoms with Crippen LogP contribution in [0.15, 0.2) is 26.9 Å². The van der Waals surface area contributed by atoms with Gasteiger partial charge in [-0.2, -0.15) is 21.6 Å². The zero-order valence-electron chi connectivity index (χ0n) is 8.30. The summed E-state index contributed by atoms with van der Waals surface area (Å²) in [4.78, 5) is 0.116. The van der Waals surface area contributed by atoms with Gasteiger partial charge in [0.1, 0.15) is 4.21 Å². The van der Waals surface area contributed by atoms with Crippen LogP contribution in [0.1, 0.15) is 5.69 Å². The summed E-state index contributed by atoms with van der Waals surface area (Å²) >= 11 is 0.578. The molecular weight excluding hydrogens is 295 g/mol. The Morgan fingerprint density at radius 3 is 2.44 bits per heavy atom. The summed E-state index contributed by atoms with van der Waals surface area (Å²) < 4.78 is 71.2. The van der Waals surface area contributed by atoms with E-state index in [-0.39, 0.29) is 14.8 Å². The van der Waals surface area contributed by atoms with Crippen LogP contribution in [0.2, 0.25) is 0 Å². The number of rotatable bonds is 2. The Hall–Kier alpha value is -1.39. The van der Waals surface area contributed by atoms with Gasteiger partial charge in [-0.25, -0.2) is 0 Å². The fraction of sp³-hybridized carbons (Fsp3) is 0.125. The van der Waals surface area contributed by atoms with Gasteiger partial charge >= 0.3 is 16.3 Å². The quantitative estimate of drug-likeness (QED) is 0.862. The van der Waals surface area contributed by atoms with Gasteiger partial charge in [0.15, 0.2) is 11.5 Å². The van der Waals surface area contributed by atoms with Crippen molar-refractivity contribution < 1.29 is 30.7 Å². The van der Waals surface area contributed by atoms with Crippen LogP contribution in [0.3, 0.4) is 0 Å². The number of alkyl halides is 3. The number of thiophene rings is 1. The molecule has 0 bridgehead atoms. The minimum Gasteiger partial charge on any atom is -0.355 e. The second-order valence-electron chi connectivity index (χ2n) is 3.17. The van der Waals surface area contributed by atoms with Crippen LogP contribution in [0.25, 0.3) is 10.6 Å². The largest absolute Gasteiger partial charge is 0.436 e. The van der Waals surface area contributed by atoms with Crippen molar-refractivity contribution in [2.24, 2.45) is 0 Å². The lowest BCUT2D eigenvalue weighted by Gasteiger charge is -1.97. The van der Waals surface area contributed by atoms with Crippen LogP contribution in [-0.4, -0.2) is 18.1 Å². The number of hydrogen-bond donors (Lipinski definition) is 1. The van der Waals surface area contributed by atoms with Gasteiger partial charge in [0, 0.05) is 6.07 Å². The molecule has 98 valence electrons. The van der Waals surface area contributed by atoms with Crippen LogP contribution in [0.5, 0.6) is 0 Å². The molecule has 2 heterocycles. The molecule has 18 heavy (non-hydrogen) atoms. The van der Waals surface area contributed by atoms with E-state index < -0.39 is 22.0 Å². The minimum absolute atomic E-state index is 0.116. The Morgan fingerprint density at radius 2 is 2.00 bits per heavy atom. The van der Waals surface area contributed by atoms with Gasteiger partial charge in [-0.15, -0.1) is 11.3 Å². The van der Waals surface area contributed by atoms with Crippen molar-refractivity contribution in [1.82, 2.24) is 5.16 Å². The van der Waals surface area contributed by atoms with Crippen molar-refractivity contribution in [3.8, 4) is 10.6 Å². The maximum absolute atomic E-state index is 12.3. The van der Waals surface area contributed by atoms with Crippen molar-refractivity contribution in [2.75, 3.05) is 0 Å². The van der Waals surface area contributed by atoms with Gasteiger partial charge < -0.3 is 4.52 Å². The van der Waals surface area contributed by atoms with Gasteiger partial charge in [-0.1, -0.05) is 5.16 Å². The Bertz CT molecular complexity index is 671. The van der Waals surface area contributed by atoms with E-state index in [1.54, 1.807) is 0 Å². The summed E-state index contributed by atoms with van der Waals surface area (Å²) in [5.74, 6) is -0.220. The molecule has 0 aliphatic carbocycles. The number of halogens is 3. The highest BCUT2D eigenvalue weighted by atomic mass is 32.3. The van der Waals surface area contributed by atoms with E-state index in [4.69, 9.17) is 4.55 Å². The lowest BCUT2D eigenvalue weighted by molar-refractivity contribution is -0.142. The highest BCUT2D eigenvalue weighted by molar-refractivity contribution is 7.88. The third kappa shape index (κ3) is 2.54. The summed E-state index contributed by atoms with van der Waals surface area (Å²) in [7, 11) is -4.38. The smallest absolute Gasteiger partial charge is 0.355 e. The third-order valence-corrected chi connectivity index (χ3v) is 4.30. The second-order valence-corrected chi connectivity index (χ2v) is 5.90. The molecule has 0 saturated heterocycles. The first kappa shape index (κ1) is 13.1. The normalized spacial score (nSPS) is 12.9. The monoisotopic (exact) mass is 299 g/mol. The van der Waals surface area contributed by atoms with Gasteiger partial charge in [-0.3, -0.25) is 4.55 Å². The van der Waals surface area contributed by atoms with Crippen LogP contribution in [0.4, 0.5) is 13.2 Å². The Morgan fingerprint density at radius 1 is 1.33 bits per heavy atom. The summed E-state index contributed by atoms with van der Waals surface area (Å²) in [5.41, 5.74) is -1.21. The SMILES string of the molecule is O=S(=O)(O)c1ccc(-c2cc(C(F)(F)F)no2)s1. The minimum atomic E-state index is -4.63. The van der Waals surface area contributed by atoms with Crippen LogP contribution in [0, 0.1) is 0 Å². The molecule has 10 heteroatoms. The molecule has 2 aromatic rings. The first-order valence-electron chi connectivity index (χ1n) is 4.29. The Kier molecular flexibility index (Phi) is 2.95. The number of hydrogen-bond acceptors (Lipinski definition) is 5. The highest BCUT2D eigenvalue weighted by Crippen LogP contribution is 2.35. The molecule has 0 aliphatic rings. The highest BCUT2D eigenvalue weighted by Gasteiger charge is 2.35. The summed E-state index contributed by atoms with van der Waals surface area (Å²) in [6.45, 7) is 0. The molecule has 1 N–H and O–H groups in total. The predicted octanol–water partition coefficient (Wildman–Crippen LogP) is 2.67. The average Bonchev–Trinajstić information content (AvgIpc) is 2.84. The molecule has 2 rings (SSSR count). The molecule has 0 atom stereocenters. The van der Waals surface area contributed by atoms with Crippen LogP contribution in [-0.2, 0) is 16.3 Å². The van der Waals surface area contributed by atoms with Crippen molar-refractivity contribution in [3.63, 3.8) is 0 Å². The molecule has 0 aromatic carbocycles. The van der Waals surface area contributed by atoms with E-state index in [0.29, 0.717) is 17.4 Å². The van der Waals surface area contributed by atoms with Crippen LogP contribution >= 0.6 is 11.3 Å². The second kappa shape index (κ2) is 4.07. The Balaban J connectivity index is 2.39. The number of aromatic nitrogens is 1. The molecule has 2 aromatic heterocycles. The lowest BCUT2D eigenvalue weighted by Crippen LogP contribution is -2.04. The summed E-state index contributed by atoms with van der Waals surface area (Å²) in [6.07, 6.45) is -4.63. The first-order valence-corrected chi connectivity index (χ1v) is 6.55. The third-order valence-electron chi connectivity index (χ3n) is 1.88. The molecule has 0 fully saturated rings. The van der Waals surface area contributed by atoms with E-state index in [1.165, 1.54) is 6.07 Å². The van der Waals surface area contributed by atoms with Gasteiger partial charge in [0.25, 0.3) is 0 Å². The van der Waals surface area contributed by atoms with Crippen LogP contribution < -0.4 is 0 Å². The Labute approximate surface area is 103 Å². The van der Waals surface area contributed by atoms with Gasteiger partial charge in [0.2, 0.25) is 0 Å². The van der Waals surface area contributed by atoms with E-state index in [0.717, 1.165) is 6.07 Å². The van der Waals surface area contributed by atoms with Crippen molar-refractivity contribution in [2.45, 2.75) is 10.4 Å². The maximum atomic E-state index is 12.3. The van der Waals surface area contributed by atoms with Gasteiger partial charge in [0.05, 0.1) is 4.88 Å². The molecule has 5 nitrogen and oxygen atoms in total. The molecule has 0 saturated carbocycles. The standard InChI is InChI=1S/C8H4F3NO4S2/c9-8(10,11)6-3-4(16-12-6)5-1-2-7(17-5)18(13,14)15/h1-3H,(H,13,14,15). The molecular formula is C8H4F3NO4S2. The van der Waals surface area contributed by atoms with Crippen molar-refractivity contribution in [1.29, 1.82) is 0 Å². The van der Waals surface area contributed by atoms with Gasteiger partial charge in [-0.05, 0) is 12.1 Å². The van der Waals surface area contributed by atoms with Crippen molar-refractivity contribution in [3.05, 3.63) is 23.9 Å². The molecule has 0 spiro atoms. The summed E-state index contributed by atoms with van der Waals surface area (Å²) in [6, 6.07) is 2.93. The molecule has 0 radical (unpaired) electrons. The van der Waals surface area contributed by atoms with E-state index in [1.807, 2.05) is 0 Å². The van der Waals surface area contributed by atoms with Crippen molar-refractivity contribution >= 4 is 21.5 Å². The maximum Gasteiger partial charge on any atom is 0.436 e. The fourth-order valence-corrected chi connectivity index (χ4v) is 2.73. The van der Waals surface area contributed by atoms with E-state index in [9.17, 15) is 21.6 Å². The summed E-state index contributed by atoms with van der Waals surface area (Å²) in [5, 5.41) is 2.83. The van der Waals surface area contributed by atoms with E-state index >= 15 is 0 Å². The zero-order valence-corrected chi connectivity index (χ0v) is 9.93.